The van der Waals surface area contributed by atoms with Gasteiger partial charge in [0.1, 0.15) is 0 Å². The van der Waals surface area contributed by atoms with E-state index in [2.05, 4.69) is 46.8 Å². The van der Waals surface area contributed by atoms with Crippen LogP contribution in [0.3, 0.4) is 0 Å². The van der Waals surface area contributed by atoms with Crippen LogP contribution in [0, 0.1) is 34.6 Å². The van der Waals surface area contributed by atoms with E-state index in [0.29, 0.717) is 0 Å². The zero-order valence-corrected chi connectivity index (χ0v) is 12.7. The lowest BCUT2D eigenvalue weighted by Gasteiger charge is -2.19. The number of aliphatic hydroxyl groups is 1. The lowest BCUT2D eigenvalue weighted by Crippen LogP contribution is -2.01. The van der Waals surface area contributed by atoms with Crippen LogP contribution < -0.4 is 0 Å². The van der Waals surface area contributed by atoms with Gasteiger partial charge in [0, 0.05) is 6.61 Å². The Morgan fingerprint density at radius 1 is 0.842 bits per heavy atom. The fraction of sp³-hybridized carbons (Fsp3) is 0.444. The summed E-state index contributed by atoms with van der Waals surface area (Å²) in [5.74, 6) is 0. The van der Waals surface area contributed by atoms with Crippen LogP contribution in [0.4, 0.5) is 0 Å². The molecular formula is C18H24O. The molecule has 0 aliphatic carbocycles. The van der Waals surface area contributed by atoms with E-state index in [0.717, 1.165) is 12.8 Å². The van der Waals surface area contributed by atoms with E-state index in [9.17, 15) is 0 Å². The van der Waals surface area contributed by atoms with Crippen LogP contribution in [0.25, 0.3) is 10.8 Å². The first-order valence-corrected chi connectivity index (χ1v) is 7.08. The number of hydrogen-bond acceptors (Lipinski definition) is 1. The summed E-state index contributed by atoms with van der Waals surface area (Å²) in [5, 5.41) is 11.9. The van der Waals surface area contributed by atoms with Crippen molar-refractivity contribution in [3.8, 4) is 0 Å². The van der Waals surface area contributed by atoms with Crippen molar-refractivity contribution < 1.29 is 5.11 Å². The molecule has 0 aliphatic heterocycles. The van der Waals surface area contributed by atoms with Crippen molar-refractivity contribution in [2.75, 3.05) is 6.61 Å². The average Bonchev–Trinajstić information content (AvgIpc) is 2.40. The predicted molar refractivity (Wildman–Crippen MR) is 83.0 cm³/mol. The molecule has 0 amide bonds. The molecule has 1 heteroatoms. The van der Waals surface area contributed by atoms with Crippen molar-refractivity contribution in [3.05, 3.63) is 45.5 Å². The molecule has 0 atom stereocenters. The average molecular weight is 256 g/mol. The van der Waals surface area contributed by atoms with Crippen LogP contribution in [-0.2, 0) is 6.42 Å². The minimum Gasteiger partial charge on any atom is -0.396 e. The Balaban J connectivity index is 2.84. The lowest BCUT2D eigenvalue weighted by molar-refractivity contribution is 0.288. The Morgan fingerprint density at radius 2 is 1.53 bits per heavy atom. The van der Waals surface area contributed by atoms with E-state index in [-0.39, 0.29) is 6.61 Å². The van der Waals surface area contributed by atoms with Gasteiger partial charge < -0.3 is 5.11 Å². The summed E-state index contributed by atoms with van der Waals surface area (Å²) < 4.78 is 0. The molecule has 0 saturated carbocycles. The largest absolute Gasteiger partial charge is 0.396 e. The lowest BCUT2D eigenvalue weighted by atomic mass is 9.86. The van der Waals surface area contributed by atoms with Gasteiger partial charge in [-0.25, -0.2) is 0 Å². The minimum atomic E-state index is 0.263. The number of aryl methyl sites for hydroxylation is 4. The number of rotatable bonds is 3. The molecule has 0 fully saturated rings. The quantitative estimate of drug-likeness (QED) is 0.867. The Kier molecular flexibility index (Phi) is 3.96. The van der Waals surface area contributed by atoms with Crippen molar-refractivity contribution in [2.45, 2.75) is 47.5 Å². The van der Waals surface area contributed by atoms with E-state index in [1.54, 1.807) is 0 Å². The van der Waals surface area contributed by atoms with Gasteiger partial charge in [-0.3, -0.25) is 0 Å². The molecule has 0 saturated heterocycles. The third kappa shape index (κ3) is 2.28. The summed E-state index contributed by atoms with van der Waals surface area (Å²) in [6.45, 7) is 11.3. The molecule has 0 radical (unpaired) electrons. The topological polar surface area (TPSA) is 20.2 Å². The summed E-state index contributed by atoms with van der Waals surface area (Å²) in [4.78, 5) is 0. The first kappa shape index (κ1) is 14.1. The summed E-state index contributed by atoms with van der Waals surface area (Å²) in [5.41, 5.74) is 8.35. The van der Waals surface area contributed by atoms with Gasteiger partial charge in [0.2, 0.25) is 0 Å². The fourth-order valence-corrected chi connectivity index (χ4v) is 3.03. The molecule has 102 valence electrons. The molecule has 1 nitrogen and oxygen atoms in total. The number of fused-ring (bicyclic) bond motifs is 1. The van der Waals surface area contributed by atoms with Crippen molar-refractivity contribution in [1.82, 2.24) is 0 Å². The van der Waals surface area contributed by atoms with Gasteiger partial charge in [0.15, 0.2) is 0 Å². The van der Waals surface area contributed by atoms with Gasteiger partial charge in [-0.15, -0.1) is 0 Å². The Labute approximate surface area is 116 Å². The van der Waals surface area contributed by atoms with Crippen LogP contribution >= 0.6 is 0 Å². The number of benzene rings is 2. The van der Waals surface area contributed by atoms with Crippen molar-refractivity contribution in [1.29, 1.82) is 0 Å². The molecule has 0 aliphatic rings. The standard InChI is InChI=1S/C18H24O/c1-11-8-9-17-16(7-6-10-19)14(4)13(3)15(5)18(17)12(11)2/h8-9,19H,6-7,10H2,1-5H3. The van der Waals surface area contributed by atoms with Gasteiger partial charge in [0.25, 0.3) is 0 Å². The van der Waals surface area contributed by atoms with E-state index < -0.39 is 0 Å². The molecule has 0 bridgehead atoms. The van der Waals surface area contributed by atoms with Crippen LogP contribution in [0.1, 0.15) is 39.8 Å². The molecule has 2 aromatic rings. The van der Waals surface area contributed by atoms with Gasteiger partial charge in [0.05, 0.1) is 0 Å². The molecule has 0 spiro atoms. The van der Waals surface area contributed by atoms with E-state index in [1.165, 1.54) is 44.2 Å². The molecule has 1 N–H and O–H groups in total. The maximum Gasteiger partial charge on any atom is 0.0434 e. The second kappa shape index (κ2) is 5.34. The smallest absolute Gasteiger partial charge is 0.0434 e. The Bertz CT molecular complexity index is 624. The minimum absolute atomic E-state index is 0.263. The zero-order chi connectivity index (χ0) is 14.2. The van der Waals surface area contributed by atoms with Crippen molar-refractivity contribution in [2.24, 2.45) is 0 Å². The molecular weight excluding hydrogens is 232 g/mol. The highest BCUT2D eigenvalue weighted by Gasteiger charge is 2.13. The number of hydrogen-bond donors (Lipinski definition) is 1. The number of aliphatic hydroxyl groups excluding tert-OH is 1. The second-order valence-electron chi connectivity index (χ2n) is 5.61. The molecule has 0 heterocycles. The monoisotopic (exact) mass is 256 g/mol. The maximum atomic E-state index is 9.11. The van der Waals surface area contributed by atoms with E-state index in [1.807, 2.05) is 0 Å². The second-order valence-corrected chi connectivity index (χ2v) is 5.61. The molecule has 0 aromatic heterocycles. The highest BCUT2D eigenvalue weighted by atomic mass is 16.2. The molecule has 2 aromatic carbocycles. The zero-order valence-electron chi connectivity index (χ0n) is 12.7. The summed E-state index contributed by atoms with van der Waals surface area (Å²) in [6.07, 6.45) is 1.80. The van der Waals surface area contributed by atoms with Gasteiger partial charge in [-0.1, -0.05) is 12.1 Å². The van der Waals surface area contributed by atoms with Crippen LogP contribution in [-0.4, -0.2) is 11.7 Å². The van der Waals surface area contributed by atoms with Gasteiger partial charge >= 0.3 is 0 Å². The van der Waals surface area contributed by atoms with Crippen molar-refractivity contribution >= 4 is 10.8 Å². The fourth-order valence-electron chi connectivity index (χ4n) is 3.03. The summed E-state index contributed by atoms with van der Waals surface area (Å²) >= 11 is 0. The summed E-state index contributed by atoms with van der Waals surface area (Å²) in [7, 11) is 0. The first-order chi connectivity index (χ1) is 8.99. The Hall–Kier alpha value is -1.34. The van der Waals surface area contributed by atoms with Crippen molar-refractivity contribution in [3.63, 3.8) is 0 Å². The summed E-state index contributed by atoms with van der Waals surface area (Å²) in [6, 6.07) is 4.47. The van der Waals surface area contributed by atoms with Gasteiger partial charge in [-0.2, -0.15) is 0 Å². The first-order valence-electron chi connectivity index (χ1n) is 7.08. The highest BCUT2D eigenvalue weighted by molar-refractivity contribution is 5.94. The third-order valence-electron chi connectivity index (χ3n) is 4.60. The highest BCUT2D eigenvalue weighted by Crippen LogP contribution is 2.33. The third-order valence-corrected chi connectivity index (χ3v) is 4.60. The molecule has 0 unspecified atom stereocenters. The SMILES string of the molecule is Cc1ccc2c(CCCO)c(C)c(C)c(C)c2c1C. The predicted octanol–water partition coefficient (Wildman–Crippen LogP) is 4.31. The normalized spacial score (nSPS) is 11.3. The van der Waals surface area contributed by atoms with E-state index >= 15 is 0 Å². The maximum absolute atomic E-state index is 9.11. The van der Waals surface area contributed by atoms with Crippen LogP contribution in [0.15, 0.2) is 12.1 Å². The van der Waals surface area contributed by atoms with Crippen LogP contribution in [0.5, 0.6) is 0 Å². The molecule has 19 heavy (non-hydrogen) atoms. The molecule has 2 rings (SSSR count). The van der Waals surface area contributed by atoms with Gasteiger partial charge in [-0.05, 0) is 91.6 Å². The Morgan fingerprint density at radius 3 is 2.16 bits per heavy atom. The van der Waals surface area contributed by atoms with E-state index in [4.69, 9.17) is 5.11 Å². The van der Waals surface area contributed by atoms with Crippen LogP contribution in [0.2, 0.25) is 0 Å².